The van der Waals surface area contributed by atoms with Gasteiger partial charge in [0.25, 0.3) is 6.48 Å². The van der Waals surface area contributed by atoms with Crippen molar-refractivity contribution in [3.8, 4) is 0 Å². The van der Waals surface area contributed by atoms with E-state index in [4.69, 9.17) is 24.5 Å². The summed E-state index contributed by atoms with van der Waals surface area (Å²) in [5.41, 5.74) is 6.99. The predicted octanol–water partition coefficient (Wildman–Crippen LogP) is 7.23. The van der Waals surface area contributed by atoms with E-state index in [2.05, 4.69) is 21.9 Å². The van der Waals surface area contributed by atoms with Crippen LogP contribution in [0.15, 0.2) is 12.7 Å². The third-order valence-electron chi connectivity index (χ3n) is 6.73. The van der Waals surface area contributed by atoms with Crippen molar-refractivity contribution in [1.29, 1.82) is 0 Å². The van der Waals surface area contributed by atoms with Gasteiger partial charge in [0.2, 0.25) is 0 Å². The normalized spacial score (nSPS) is 13.4. The van der Waals surface area contributed by atoms with E-state index in [0.29, 0.717) is 36.7 Å². The molecule has 0 saturated carbocycles. The van der Waals surface area contributed by atoms with Crippen LogP contribution in [-0.2, 0) is 29.8 Å². The van der Waals surface area contributed by atoms with Crippen LogP contribution in [0.2, 0.25) is 0 Å². The Balaban J connectivity index is 1.42. The molecular formula is C28H50N5O5P. The van der Waals surface area contributed by atoms with Crippen LogP contribution in [-0.4, -0.2) is 51.9 Å². The van der Waals surface area contributed by atoms with Gasteiger partial charge in [0.1, 0.15) is 11.8 Å². The summed E-state index contributed by atoms with van der Waals surface area (Å²) in [5.74, 6) is 0.325. The zero-order valence-corrected chi connectivity index (χ0v) is 25.0. The Hall–Kier alpha value is -1.71. The topological polar surface area (TPSA) is 124 Å². The Labute approximate surface area is 236 Å². The van der Waals surface area contributed by atoms with Gasteiger partial charge in [-0.2, -0.15) is 0 Å². The number of hydrogen-bond acceptors (Lipinski definition) is 9. The van der Waals surface area contributed by atoms with Gasteiger partial charge in [0, 0.05) is 6.61 Å². The molecule has 10 nitrogen and oxygen atoms in total. The molecular weight excluding hydrogens is 517 g/mol. The van der Waals surface area contributed by atoms with E-state index < -0.39 is 15.2 Å². The molecule has 11 heteroatoms. The zero-order valence-electron chi connectivity index (χ0n) is 24.1. The highest BCUT2D eigenvalue weighted by Gasteiger charge is 2.17. The number of nitrogens with zero attached hydrogens (tertiary/aromatic N) is 4. The van der Waals surface area contributed by atoms with Crippen molar-refractivity contribution in [2.75, 3.05) is 25.6 Å². The fourth-order valence-electron chi connectivity index (χ4n) is 4.55. The lowest BCUT2D eigenvalue weighted by molar-refractivity contribution is -0.265. The molecule has 1 unspecified atom stereocenters. The molecule has 0 bridgehead atoms. The molecule has 0 spiro atoms. The molecule has 2 atom stereocenters. The van der Waals surface area contributed by atoms with Gasteiger partial charge in [-0.15, -0.1) is 0 Å². The standard InChI is InChI=1S/C28H50N5O5P/c1-3-4-5-6-7-8-9-10-11-12-13-14-15-16-17-18-35-19-20-36-28(38-39-34)37-24(2)21-33-23-32-25-26(29)30-22-31-27(25)33/h22-24,28H,3-21H2,1-2H3,(H2,29,30,31)/t24-,28?/m1/s1. The largest absolute Gasteiger partial charge is 0.382 e. The first-order valence-corrected chi connectivity index (χ1v) is 15.6. The van der Waals surface area contributed by atoms with Crippen molar-refractivity contribution in [2.24, 2.45) is 0 Å². The number of unbranched alkanes of at least 4 members (excludes halogenated alkanes) is 14. The van der Waals surface area contributed by atoms with Crippen LogP contribution in [0, 0.1) is 0 Å². The van der Waals surface area contributed by atoms with Crippen molar-refractivity contribution in [1.82, 2.24) is 19.5 Å². The van der Waals surface area contributed by atoms with Crippen LogP contribution in [0.4, 0.5) is 5.82 Å². The molecule has 2 aromatic rings. The second-order valence-electron chi connectivity index (χ2n) is 10.2. The predicted molar refractivity (Wildman–Crippen MR) is 154 cm³/mol. The molecule has 2 N–H and O–H groups in total. The molecule has 39 heavy (non-hydrogen) atoms. The molecule has 0 aliphatic carbocycles. The van der Waals surface area contributed by atoms with Crippen molar-refractivity contribution in [3.63, 3.8) is 0 Å². The minimum Gasteiger partial charge on any atom is -0.382 e. The monoisotopic (exact) mass is 567 g/mol. The average Bonchev–Trinajstić information content (AvgIpc) is 3.33. The second kappa shape index (κ2) is 22.0. The van der Waals surface area contributed by atoms with Crippen LogP contribution in [0.5, 0.6) is 0 Å². The minimum atomic E-state index is -1.07. The summed E-state index contributed by atoms with van der Waals surface area (Å²) in [5, 5.41) is 0. The van der Waals surface area contributed by atoms with Crippen LogP contribution in [0.25, 0.3) is 11.2 Å². The van der Waals surface area contributed by atoms with Gasteiger partial charge in [-0.3, -0.25) is 0 Å². The SMILES string of the molecule is CCCCCCCCCCCCCCCCCOCCOC(OP=O)O[C@H](C)Cn1cnc2c(N)ncnc21. The molecule has 2 aromatic heterocycles. The summed E-state index contributed by atoms with van der Waals surface area (Å²) in [4.78, 5) is 12.4. The number of imidazole rings is 1. The summed E-state index contributed by atoms with van der Waals surface area (Å²) in [6, 6.07) is 0. The first-order valence-electron chi connectivity index (χ1n) is 14.9. The van der Waals surface area contributed by atoms with Gasteiger partial charge in [0.15, 0.2) is 11.5 Å². The van der Waals surface area contributed by atoms with Crippen LogP contribution in [0.1, 0.15) is 110 Å². The molecule has 0 aliphatic heterocycles. The Bertz CT molecular complexity index is 887. The number of nitrogens with two attached hydrogens (primary N) is 1. The minimum absolute atomic E-state index is 0.281. The quantitative estimate of drug-likeness (QED) is 0.0712. The fourth-order valence-corrected chi connectivity index (χ4v) is 4.73. The first-order chi connectivity index (χ1) is 19.2. The smallest absolute Gasteiger partial charge is 0.331 e. The van der Waals surface area contributed by atoms with Gasteiger partial charge in [-0.1, -0.05) is 96.8 Å². The maximum Gasteiger partial charge on any atom is 0.331 e. The lowest BCUT2D eigenvalue weighted by Gasteiger charge is -2.20. The number of fused-ring (bicyclic) bond motifs is 1. The molecule has 0 saturated heterocycles. The van der Waals surface area contributed by atoms with Crippen molar-refractivity contribution in [2.45, 2.75) is 129 Å². The molecule has 0 aromatic carbocycles. The molecule has 222 valence electrons. The first kappa shape index (κ1) is 33.5. The highest BCUT2D eigenvalue weighted by Crippen LogP contribution is 2.17. The molecule has 0 amide bonds. The summed E-state index contributed by atoms with van der Waals surface area (Å²) >= 11 is 0. The number of rotatable bonds is 26. The summed E-state index contributed by atoms with van der Waals surface area (Å²) in [6.07, 6.45) is 22.9. The van der Waals surface area contributed by atoms with Crippen molar-refractivity contribution in [3.05, 3.63) is 12.7 Å². The van der Waals surface area contributed by atoms with E-state index >= 15 is 0 Å². The van der Waals surface area contributed by atoms with Crippen LogP contribution in [0.3, 0.4) is 0 Å². The van der Waals surface area contributed by atoms with Gasteiger partial charge >= 0.3 is 8.69 Å². The zero-order chi connectivity index (χ0) is 28.0. The Morgan fingerprint density at radius 1 is 0.846 bits per heavy atom. The lowest BCUT2D eigenvalue weighted by Crippen LogP contribution is -2.27. The second-order valence-corrected chi connectivity index (χ2v) is 10.5. The Kier molecular flexibility index (Phi) is 18.9. The van der Waals surface area contributed by atoms with E-state index in [1.165, 1.54) is 96.2 Å². The molecule has 0 fully saturated rings. The summed E-state index contributed by atoms with van der Waals surface area (Å²) in [6.45, 7) is 4.91. The fraction of sp³-hybridized carbons (Fsp3) is 0.821. The number of nitrogen functional groups attached to an aromatic ring is 1. The number of anilines is 1. The number of aromatic nitrogens is 4. The maximum absolute atomic E-state index is 11.0. The Morgan fingerprint density at radius 2 is 1.46 bits per heavy atom. The van der Waals surface area contributed by atoms with E-state index in [0.717, 1.165) is 6.42 Å². The summed E-state index contributed by atoms with van der Waals surface area (Å²) < 4.78 is 34.8. The van der Waals surface area contributed by atoms with E-state index in [1.54, 1.807) is 6.33 Å². The third-order valence-corrected chi connectivity index (χ3v) is 6.99. The third kappa shape index (κ3) is 15.0. The van der Waals surface area contributed by atoms with E-state index in [1.807, 2.05) is 11.5 Å². The average molecular weight is 568 g/mol. The summed E-state index contributed by atoms with van der Waals surface area (Å²) in [7, 11) is -0.517. The number of hydrogen-bond donors (Lipinski definition) is 1. The van der Waals surface area contributed by atoms with Gasteiger partial charge in [-0.25, -0.2) is 24.0 Å². The lowest BCUT2D eigenvalue weighted by atomic mass is 10.0. The van der Waals surface area contributed by atoms with Crippen molar-refractivity contribution < 1.29 is 23.3 Å². The maximum atomic E-state index is 11.0. The van der Waals surface area contributed by atoms with Gasteiger partial charge < -0.3 is 24.5 Å². The molecule has 0 aliphatic rings. The Morgan fingerprint density at radius 3 is 2.08 bits per heavy atom. The highest BCUT2D eigenvalue weighted by molar-refractivity contribution is 7.17. The molecule has 2 rings (SSSR count). The highest BCUT2D eigenvalue weighted by atomic mass is 31.1. The molecule has 0 radical (unpaired) electrons. The van der Waals surface area contributed by atoms with Crippen LogP contribution >= 0.6 is 8.69 Å². The van der Waals surface area contributed by atoms with Crippen molar-refractivity contribution >= 4 is 25.7 Å². The van der Waals surface area contributed by atoms with Crippen LogP contribution < -0.4 is 5.73 Å². The van der Waals surface area contributed by atoms with Gasteiger partial charge in [0.05, 0.1) is 32.2 Å². The molecule has 2 heterocycles. The number of ether oxygens (including phenoxy) is 3. The van der Waals surface area contributed by atoms with E-state index in [-0.39, 0.29) is 12.7 Å². The van der Waals surface area contributed by atoms with E-state index in [9.17, 15) is 4.57 Å². The van der Waals surface area contributed by atoms with Gasteiger partial charge in [-0.05, 0) is 13.3 Å².